The maximum atomic E-state index is 12.3. The molecule has 0 saturated carbocycles. The summed E-state index contributed by atoms with van der Waals surface area (Å²) in [7, 11) is 2.00. The van der Waals surface area contributed by atoms with Crippen LogP contribution in [0.3, 0.4) is 0 Å². The van der Waals surface area contributed by atoms with Gasteiger partial charge in [0.05, 0.1) is 18.9 Å². The molecule has 1 aliphatic rings. The Morgan fingerprint density at radius 1 is 1.53 bits per heavy atom. The van der Waals surface area contributed by atoms with Crippen molar-refractivity contribution < 1.29 is 4.79 Å². The number of aromatic nitrogens is 2. The van der Waals surface area contributed by atoms with Crippen molar-refractivity contribution in [1.82, 2.24) is 19.4 Å². The first kappa shape index (κ1) is 14.1. The number of hydrogen-bond donors (Lipinski definition) is 0. The van der Waals surface area contributed by atoms with Crippen molar-refractivity contribution in [1.29, 1.82) is 0 Å². The highest BCUT2D eigenvalue weighted by Crippen LogP contribution is 2.21. The van der Waals surface area contributed by atoms with Crippen LogP contribution in [0.5, 0.6) is 0 Å². The first-order chi connectivity index (χ1) is 9.08. The van der Waals surface area contributed by atoms with E-state index in [0.29, 0.717) is 18.6 Å². The molecule has 0 radical (unpaired) electrons. The second kappa shape index (κ2) is 6.19. The Bertz CT molecular complexity index is 402. The van der Waals surface area contributed by atoms with Crippen LogP contribution >= 0.6 is 0 Å². The van der Waals surface area contributed by atoms with Crippen LogP contribution in [0.25, 0.3) is 0 Å². The molecule has 1 aromatic rings. The highest BCUT2D eigenvalue weighted by Gasteiger charge is 2.25. The minimum atomic E-state index is 0.237. The molecule has 0 unspecified atom stereocenters. The molecule has 2 rings (SSSR count). The molecule has 1 amide bonds. The molecule has 5 nitrogen and oxygen atoms in total. The van der Waals surface area contributed by atoms with E-state index in [1.165, 1.54) is 0 Å². The topological polar surface area (TPSA) is 41.4 Å². The van der Waals surface area contributed by atoms with Gasteiger partial charge >= 0.3 is 0 Å². The van der Waals surface area contributed by atoms with Crippen molar-refractivity contribution >= 4 is 5.91 Å². The van der Waals surface area contributed by atoms with Crippen LogP contribution in [0.4, 0.5) is 0 Å². The lowest BCUT2D eigenvalue weighted by Crippen LogP contribution is -2.45. The molecule has 1 fully saturated rings. The van der Waals surface area contributed by atoms with E-state index in [9.17, 15) is 4.79 Å². The van der Waals surface area contributed by atoms with Gasteiger partial charge in [0.25, 0.3) is 0 Å². The Kier molecular flexibility index (Phi) is 4.58. The standard InChI is InChI=1S/C14H24N4O/c1-12(2)16(3)10-14(19)17-7-4-5-13(9-17)18-8-6-15-11-18/h6,8,11-13H,4-5,7,9-10H2,1-3H3/t13-/m0/s1. The first-order valence-corrected chi connectivity index (χ1v) is 7.03. The summed E-state index contributed by atoms with van der Waals surface area (Å²) in [6, 6.07) is 0.780. The lowest BCUT2D eigenvalue weighted by atomic mass is 10.1. The van der Waals surface area contributed by atoms with Gasteiger partial charge in [-0.25, -0.2) is 4.98 Å². The van der Waals surface area contributed by atoms with Crippen LogP contribution in [0, 0.1) is 0 Å². The second-order valence-electron chi connectivity index (χ2n) is 5.65. The van der Waals surface area contributed by atoms with E-state index in [4.69, 9.17) is 0 Å². The lowest BCUT2D eigenvalue weighted by molar-refractivity contribution is -0.134. The number of nitrogens with zero attached hydrogens (tertiary/aromatic N) is 4. The molecule has 0 aromatic carbocycles. The molecule has 1 aromatic heterocycles. The Balaban J connectivity index is 1.92. The Hall–Kier alpha value is -1.36. The Morgan fingerprint density at radius 3 is 2.95 bits per heavy atom. The van der Waals surface area contributed by atoms with Crippen molar-refractivity contribution in [3.05, 3.63) is 18.7 Å². The largest absolute Gasteiger partial charge is 0.340 e. The summed E-state index contributed by atoms with van der Waals surface area (Å²) in [5.74, 6) is 0.237. The van der Waals surface area contributed by atoms with E-state index < -0.39 is 0 Å². The maximum absolute atomic E-state index is 12.3. The molecular weight excluding hydrogens is 240 g/mol. The van der Waals surface area contributed by atoms with Gasteiger partial charge in [0.1, 0.15) is 0 Å². The molecule has 19 heavy (non-hydrogen) atoms. The van der Waals surface area contributed by atoms with E-state index in [2.05, 4.69) is 28.3 Å². The predicted molar refractivity (Wildman–Crippen MR) is 74.8 cm³/mol. The van der Waals surface area contributed by atoms with Crippen LogP contribution in [0.15, 0.2) is 18.7 Å². The van der Waals surface area contributed by atoms with Crippen molar-refractivity contribution in [2.45, 2.75) is 38.8 Å². The normalized spacial score (nSPS) is 20.3. The predicted octanol–water partition coefficient (Wildman–Crippen LogP) is 1.39. The monoisotopic (exact) mass is 264 g/mol. The average Bonchev–Trinajstić information content (AvgIpc) is 2.92. The molecule has 1 atom stereocenters. The molecule has 0 N–H and O–H groups in total. The molecule has 5 heteroatoms. The number of likely N-dealkylation sites (N-methyl/N-ethyl adjacent to an activating group) is 1. The number of amides is 1. The van der Waals surface area contributed by atoms with Gasteiger partial charge in [-0.05, 0) is 33.7 Å². The fraction of sp³-hybridized carbons (Fsp3) is 0.714. The molecule has 0 aliphatic carbocycles. The van der Waals surface area contributed by atoms with Gasteiger partial charge in [-0.1, -0.05) is 0 Å². The van der Waals surface area contributed by atoms with E-state index in [0.717, 1.165) is 25.9 Å². The number of likely N-dealkylation sites (tertiary alicyclic amines) is 1. The van der Waals surface area contributed by atoms with Gasteiger partial charge in [-0.3, -0.25) is 9.69 Å². The van der Waals surface area contributed by atoms with E-state index in [1.54, 1.807) is 6.20 Å². The zero-order valence-electron chi connectivity index (χ0n) is 12.1. The summed E-state index contributed by atoms with van der Waals surface area (Å²) in [6.45, 7) is 6.42. The smallest absolute Gasteiger partial charge is 0.236 e. The third kappa shape index (κ3) is 3.56. The lowest BCUT2D eigenvalue weighted by Gasteiger charge is -2.34. The number of piperidine rings is 1. The zero-order chi connectivity index (χ0) is 13.8. The first-order valence-electron chi connectivity index (χ1n) is 7.03. The van der Waals surface area contributed by atoms with Gasteiger partial charge in [-0.15, -0.1) is 0 Å². The van der Waals surface area contributed by atoms with Crippen LogP contribution in [0.1, 0.15) is 32.7 Å². The molecule has 2 heterocycles. The van der Waals surface area contributed by atoms with Crippen LogP contribution < -0.4 is 0 Å². The Morgan fingerprint density at radius 2 is 2.32 bits per heavy atom. The van der Waals surface area contributed by atoms with E-state index in [-0.39, 0.29) is 5.91 Å². The van der Waals surface area contributed by atoms with Crippen molar-refractivity contribution in [3.63, 3.8) is 0 Å². The van der Waals surface area contributed by atoms with E-state index >= 15 is 0 Å². The number of imidazole rings is 1. The molecule has 0 bridgehead atoms. The highest BCUT2D eigenvalue weighted by atomic mass is 16.2. The molecule has 1 aliphatic heterocycles. The number of hydrogen-bond acceptors (Lipinski definition) is 3. The van der Waals surface area contributed by atoms with Gasteiger partial charge < -0.3 is 9.47 Å². The van der Waals surface area contributed by atoms with Crippen molar-refractivity contribution in [3.8, 4) is 0 Å². The second-order valence-corrected chi connectivity index (χ2v) is 5.65. The molecule has 1 saturated heterocycles. The van der Waals surface area contributed by atoms with Crippen molar-refractivity contribution in [2.75, 3.05) is 26.7 Å². The van der Waals surface area contributed by atoms with Crippen LogP contribution in [0.2, 0.25) is 0 Å². The number of carbonyl (C=O) groups excluding carboxylic acids is 1. The SMILES string of the molecule is CC(C)N(C)CC(=O)N1CCC[C@H](n2ccnc2)C1. The summed E-state index contributed by atoms with van der Waals surface area (Å²) >= 11 is 0. The molecular formula is C14H24N4O. The zero-order valence-corrected chi connectivity index (χ0v) is 12.1. The summed E-state index contributed by atoms with van der Waals surface area (Å²) in [4.78, 5) is 20.5. The van der Waals surface area contributed by atoms with Gasteiger partial charge in [0.15, 0.2) is 0 Å². The minimum Gasteiger partial charge on any atom is -0.340 e. The quantitative estimate of drug-likeness (QED) is 0.825. The third-order valence-corrected chi connectivity index (χ3v) is 3.96. The molecule has 106 valence electrons. The number of carbonyl (C=O) groups is 1. The van der Waals surface area contributed by atoms with Gasteiger partial charge in [-0.2, -0.15) is 0 Å². The van der Waals surface area contributed by atoms with Gasteiger partial charge in [0.2, 0.25) is 5.91 Å². The summed E-state index contributed by atoms with van der Waals surface area (Å²) in [6.07, 6.45) is 7.82. The highest BCUT2D eigenvalue weighted by molar-refractivity contribution is 5.78. The fourth-order valence-electron chi connectivity index (χ4n) is 2.41. The third-order valence-electron chi connectivity index (χ3n) is 3.96. The van der Waals surface area contributed by atoms with Gasteiger partial charge in [0, 0.05) is 31.5 Å². The number of rotatable bonds is 4. The van der Waals surface area contributed by atoms with Crippen LogP contribution in [-0.4, -0.2) is 58.0 Å². The average molecular weight is 264 g/mol. The maximum Gasteiger partial charge on any atom is 0.236 e. The summed E-state index contributed by atoms with van der Waals surface area (Å²) in [5.41, 5.74) is 0. The Labute approximate surface area is 115 Å². The summed E-state index contributed by atoms with van der Waals surface area (Å²) in [5, 5.41) is 0. The molecule has 0 spiro atoms. The van der Waals surface area contributed by atoms with Crippen molar-refractivity contribution in [2.24, 2.45) is 0 Å². The fourth-order valence-corrected chi connectivity index (χ4v) is 2.41. The summed E-state index contributed by atoms with van der Waals surface area (Å²) < 4.78 is 2.12. The van der Waals surface area contributed by atoms with E-state index in [1.807, 2.05) is 24.5 Å². The minimum absolute atomic E-state index is 0.237. The van der Waals surface area contributed by atoms with Crippen LogP contribution in [-0.2, 0) is 4.79 Å².